The second-order valence-electron chi connectivity index (χ2n) is 6.49. The number of amides is 2. The first-order chi connectivity index (χ1) is 13.0. The molecule has 2 aromatic rings. The zero-order chi connectivity index (χ0) is 19.2. The average Bonchev–Trinajstić information content (AvgIpc) is 2.67. The van der Waals surface area contributed by atoms with Crippen molar-refractivity contribution in [2.24, 2.45) is 5.16 Å². The summed E-state index contributed by atoms with van der Waals surface area (Å²) in [4.78, 5) is 30.6. The second kappa shape index (κ2) is 8.49. The van der Waals surface area contributed by atoms with Crippen LogP contribution in [0, 0.1) is 0 Å². The lowest BCUT2D eigenvalue weighted by Gasteiger charge is -2.29. The molecule has 0 fully saturated rings. The Hall–Kier alpha value is -3.15. The van der Waals surface area contributed by atoms with Gasteiger partial charge in [0.15, 0.2) is 6.61 Å². The Labute approximate surface area is 158 Å². The van der Waals surface area contributed by atoms with Crippen LogP contribution in [0.2, 0.25) is 0 Å². The average molecular weight is 365 g/mol. The number of carbonyl (C=O) groups excluding carboxylic acids is 2. The lowest BCUT2D eigenvalue weighted by molar-refractivity contribution is -0.123. The highest BCUT2D eigenvalue weighted by atomic mass is 16.6. The van der Waals surface area contributed by atoms with Crippen molar-refractivity contribution in [3.63, 3.8) is 0 Å². The molecule has 0 saturated heterocycles. The van der Waals surface area contributed by atoms with Crippen LogP contribution in [0.5, 0.6) is 0 Å². The first-order valence-corrected chi connectivity index (χ1v) is 8.97. The number of hydrogen-bond acceptors (Lipinski definition) is 4. The second-order valence-corrected chi connectivity index (χ2v) is 6.49. The summed E-state index contributed by atoms with van der Waals surface area (Å²) < 4.78 is 0. The molecule has 3 rings (SSSR count). The van der Waals surface area contributed by atoms with Gasteiger partial charge in [0, 0.05) is 24.8 Å². The number of nitrogens with one attached hydrogen (secondary N) is 1. The normalized spacial score (nSPS) is 13.7. The van der Waals surface area contributed by atoms with E-state index >= 15 is 0 Å². The van der Waals surface area contributed by atoms with Gasteiger partial charge in [0.2, 0.25) is 5.91 Å². The largest absolute Gasteiger partial charge is 0.385 e. The zero-order valence-electron chi connectivity index (χ0n) is 15.6. The summed E-state index contributed by atoms with van der Waals surface area (Å²) in [6, 6.07) is 15.2. The van der Waals surface area contributed by atoms with E-state index in [4.69, 9.17) is 4.84 Å². The molecule has 2 aromatic carbocycles. The molecule has 0 aromatic heterocycles. The van der Waals surface area contributed by atoms with Crippen molar-refractivity contribution in [2.75, 3.05) is 23.4 Å². The van der Waals surface area contributed by atoms with Crippen LogP contribution < -0.4 is 10.2 Å². The first kappa shape index (κ1) is 18.6. The van der Waals surface area contributed by atoms with E-state index in [1.807, 2.05) is 37.3 Å². The number of oxime groups is 1. The number of hydrogen-bond donors (Lipinski definition) is 1. The molecule has 0 atom stereocenters. The van der Waals surface area contributed by atoms with Crippen LogP contribution >= 0.6 is 0 Å². The summed E-state index contributed by atoms with van der Waals surface area (Å²) in [5, 5.41) is 6.77. The number of nitrogens with zero attached hydrogens (tertiary/aromatic N) is 2. The highest BCUT2D eigenvalue weighted by molar-refractivity contribution is 5.99. The van der Waals surface area contributed by atoms with Gasteiger partial charge in [-0.15, -0.1) is 0 Å². The molecule has 0 unspecified atom stereocenters. The Morgan fingerprint density at radius 2 is 1.85 bits per heavy atom. The molecule has 0 saturated carbocycles. The fourth-order valence-corrected chi connectivity index (χ4v) is 3.11. The topological polar surface area (TPSA) is 71.0 Å². The fraction of sp³-hybridized carbons (Fsp3) is 0.286. The van der Waals surface area contributed by atoms with Crippen molar-refractivity contribution >= 4 is 28.9 Å². The SMILES string of the molecule is CC(=O)Nc1ccc(/C(C)=N\OCC(=O)N2CCCc3ccccc32)cc1. The quantitative estimate of drug-likeness (QED) is 0.652. The maximum Gasteiger partial charge on any atom is 0.267 e. The molecule has 1 aliphatic rings. The van der Waals surface area contributed by atoms with E-state index in [-0.39, 0.29) is 18.4 Å². The first-order valence-electron chi connectivity index (χ1n) is 8.97. The minimum atomic E-state index is -0.116. The monoisotopic (exact) mass is 365 g/mol. The Bertz CT molecular complexity index is 859. The molecule has 0 bridgehead atoms. The van der Waals surface area contributed by atoms with Gasteiger partial charge in [-0.1, -0.05) is 35.5 Å². The van der Waals surface area contributed by atoms with Crippen LogP contribution in [0.25, 0.3) is 0 Å². The molecule has 1 heterocycles. The van der Waals surface area contributed by atoms with Crippen molar-refractivity contribution in [3.8, 4) is 0 Å². The summed E-state index contributed by atoms with van der Waals surface area (Å²) in [6.07, 6.45) is 1.94. The minimum Gasteiger partial charge on any atom is -0.385 e. The molecular formula is C21H23N3O3. The Kier molecular flexibility index (Phi) is 5.86. The molecule has 140 valence electrons. The maximum atomic E-state index is 12.5. The molecule has 27 heavy (non-hydrogen) atoms. The van der Waals surface area contributed by atoms with E-state index in [1.54, 1.807) is 17.0 Å². The highest BCUT2D eigenvalue weighted by Gasteiger charge is 2.22. The molecule has 6 nitrogen and oxygen atoms in total. The van der Waals surface area contributed by atoms with Crippen LogP contribution in [0.1, 0.15) is 31.4 Å². The molecular weight excluding hydrogens is 342 g/mol. The molecule has 0 radical (unpaired) electrons. The van der Waals surface area contributed by atoms with E-state index in [9.17, 15) is 9.59 Å². The van der Waals surface area contributed by atoms with Gasteiger partial charge in [-0.3, -0.25) is 9.59 Å². The van der Waals surface area contributed by atoms with E-state index in [0.717, 1.165) is 29.8 Å². The van der Waals surface area contributed by atoms with E-state index < -0.39 is 0 Å². The summed E-state index contributed by atoms with van der Waals surface area (Å²) in [6.45, 7) is 3.88. The number of fused-ring (bicyclic) bond motifs is 1. The third-order valence-electron chi connectivity index (χ3n) is 4.42. The molecule has 1 N–H and O–H groups in total. The van der Waals surface area contributed by atoms with Gasteiger partial charge in [-0.25, -0.2) is 0 Å². The predicted octanol–water partition coefficient (Wildman–Crippen LogP) is 3.37. The van der Waals surface area contributed by atoms with Crippen LogP contribution in [0.3, 0.4) is 0 Å². The van der Waals surface area contributed by atoms with Gasteiger partial charge in [0.1, 0.15) is 0 Å². The van der Waals surface area contributed by atoms with Gasteiger partial charge in [0.25, 0.3) is 5.91 Å². The smallest absolute Gasteiger partial charge is 0.267 e. The standard InChI is InChI=1S/C21H23N3O3/c1-15(17-9-11-19(12-10-17)22-16(2)25)23-27-14-21(26)24-13-5-7-18-6-3-4-8-20(18)24/h3-4,6,8-12H,5,7,13-14H2,1-2H3,(H,22,25)/b23-15-. The fourth-order valence-electron chi connectivity index (χ4n) is 3.11. The summed E-state index contributed by atoms with van der Waals surface area (Å²) in [7, 11) is 0. The Morgan fingerprint density at radius 3 is 2.59 bits per heavy atom. The predicted molar refractivity (Wildman–Crippen MR) is 106 cm³/mol. The van der Waals surface area contributed by atoms with E-state index in [1.165, 1.54) is 12.5 Å². The van der Waals surface area contributed by atoms with Crippen LogP contribution in [0.15, 0.2) is 53.7 Å². The van der Waals surface area contributed by atoms with Gasteiger partial charge in [0.05, 0.1) is 5.71 Å². The highest BCUT2D eigenvalue weighted by Crippen LogP contribution is 2.26. The molecule has 0 spiro atoms. The molecule has 2 amide bonds. The Morgan fingerprint density at radius 1 is 1.11 bits per heavy atom. The van der Waals surface area contributed by atoms with Gasteiger partial charge in [-0.05, 0) is 49.1 Å². The van der Waals surface area contributed by atoms with Crippen molar-refractivity contribution < 1.29 is 14.4 Å². The number of carbonyl (C=O) groups is 2. The van der Waals surface area contributed by atoms with Crippen molar-refractivity contribution in [3.05, 3.63) is 59.7 Å². The van der Waals surface area contributed by atoms with Crippen LogP contribution in [0.4, 0.5) is 11.4 Å². The lowest BCUT2D eigenvalue weighted by Crippen LogP contribution is -2.37. The number of para-hydroxylation sites is 1. The molecule has 1 aliphatic heterocycles. The van der Waals surface area contributed by atoms with Crippen molar-refractivity contribution in [2.45, 2.75) is 26.7 Å². The molecule has 0 aliphatic carbocycles. The van der Waals surface area contributed by atoms with Crippen molar-refractivity contribution in [1.29, 1.82) is 0 Å². The number of benzene rings is 2. The van der Waals surface area contributed by atoms with Crippen LogP contribution in [-0.4, -0.2) is 30.7 Å². The van der Waals surface area contributed by atoms with Gasteiger partial charge >= 0.3 is 0 Å². The van der Waals surface area contributed by atoms with Crippen LogP contribution in [-0.2, 0) is 20.8 Å². The van der Waals surface area contributed by atoms with Gasteiger partial charge < -0.3 is 15.1 Å². The zero-order valence-corrected chi connectivity index (χ0v) is 15.6. The summed E-state index contributed by atoms with van der Waals surface area (Å²) in [5.41, 5.74) is 4.40. The summed E-state index contributed by atoms with van der Waals surface area (Å²) >= 11 is 0. The third-order valence-corrected chi connectivity index (χ3v) is 4.42. The van der Waals surface area contributed by atoms with E-state index in [0.29, 0.717) is 12.3 Å². The number of rotatable bonds is 5. The lowest BCUT2D eigenvalue weighted by atomic mass is 10.0. The number of aryl methyl sites for hydroxylation is 1. The van der Waals surface area contributed by atoms with E-state index in [2.05, 4.69) is 16.5 Å². The minimum absolute atomic E-state index is 0.0975. The summed E-state index contributed by atoms with van der Waals surface area (Å²) in [5.74, 6) is -0.214. The van der Waals surface area contributed by atoms with Crippen molar-refractivity contribution in [1.82, 2.24) is 0 Å². The Balaban J connectivity index is 1.58. The van der Waals surface area contributed by atoms with Gasteiger partial charge in [-0.2, -0.15) is 0 Å². The third kappa shape index (κ3) is 4.73. The maximum absolute atomic E-state index is 12.5. The molecule has 6 heteroatoms. The number of anilines is 2.